The molecule has 12 heavy (non-hydrogen) atoms. The Morgan fingerprint density at radius 2 is 1.92 bits per heavy atom. The fourth-order valence-electron chi connectivity index (χ4n) is 0.740. The van der Waals surface area contributed by atoms with E-state index in [4.69, 9.17) is 5.73 Å². The van der Waals surface area contributed by atoms with Gasteiger partial charge in [0.15, 0.2) is 0 Å². The van der Waals surface area contributed by atoms with Gasteiger partial charge < -0.3 is 10.3 Å². The number of rotatable bonds is 5. The molecule has 1 unspecified atom stereocenters. The second-order valence-electron chi connectivity index (χ2n) is 2.53. The first-order valence-corrected chi connectivity index (χ1v) is 5.16. The second kappa shape index (κ2) is 7.29. The standard InChI is InChI=1S/C6H15NO3S.Na/c1-2-3-4-5-6(7)11(8,9)10;/h6H,2-5,7H2,1H3,(H,8,9,10);/q;+1/p-1. The van der Waals surface area contributed by atoms with Crippen LogP contribution in [0.1, 0.15) is 32.6 Å². The number of hydrogen-bond acceptors (Lipinski definition) is 4. The number of nitrogens with two attached hydrogens (primary N) is 1. The van der Waals surface area contributed by atoms with Crippen molar-refractivity contribution in [3.8, 4) is 0 Å². The molecule has 0 saturated heterocycles. The first-order valence-electron chi connectivity index (χ1n) is 3.68. The zero-order valence-electron chi connectivity index (χ0n) is 7.62. The van der Waals surface area contributed by atoms with E-state index in [0.717, 1.165) is 12.8 Å². The van der Waals surface area contributed by atoms with Crippen molar-refractivity contribution in [1.29, 1.82) is 0 Å². The van der Waals surface area contributed by atoms with Crippen molar-refractivity contribution in [2.24, 2.45) is 5.73 Å². The Bertz CT molecular complexity index is 193. The average molecular weight is 203 g/mol. The van der Waals surface area contributed by atoms with Crippen molar-refractivity contribution >= 4 is 10.1 Å². The summed E-state index contributed by atoms with van der Waals surface area (Å²) in [6.07, 6.45) is 2.90. The van der Waals surface area contributed by atoms with Gasteiger partial charge in [-0.15, -0.1) is 0 Å². The molecule has 0 rings (SSSR count). The normalized spacial score (nSPS) is 13.6. The van der Waals surface area contributed by atoms with Crippen LogP contribution in [0.2, 0.25) is 0 Å². The van der Waals surface area contributed by atoms with Crippen LogP contribution in [0, 0.1) is 0 Å². The van der Waals surface area contributed by atoms with Crippen LogP contribution in [0.4, 0.5) is 0 Å². The second-order valence-corrected chi connectivity index (χ2v) is 4.12. The summed E-state index contributed by atoms with van der Waals surface area (Å²) in [5.74, 6) is 0. The van der Waals surface area contributed by atoms with Crippen LogP contribution in [-0.4, -0.2) is 18.3 Å². The molecule has 4 nitrogen and oxygen atoms in total. The van der Waals surface area contributed by atoms with Crippen LogP contribution in [-0.2, 0) is 10.1 Å². The van der Waals surface area contributed by atoms with Crippen LogP contribution in [0.3, 0.4) is 0 Å². The van der Waals surface area contributed by atoms with E-state index in [1.165, 1.54) is 0 Å². The van der Waals surface area contributed by atoms with Crippen LogP contribution in [0.5, 0.6) is 0 Å². The summed E-state index contributed by atoms with van der Waals surface area (Å²) in [4.78, 5) is 0. The Morgan fingerprint density at radius 3 is 2.25 bits per heavy atom. The van der Waals surface area contributed by atoms with E-state index in [2.05, 4.69) is 0 Å². The van der Waals surface area contributed by atoms with E-state index >= 15 is 0 Å². The predicted molar refractivity (Wildman–Crippen MR) is 41.8 cm³/mol. The Hall–Kier alpha value is 0.870. The molecule has 0 aliphatic rings. The largest absolute Gasteiger partial charge is 1.00 e. The zero-order valence-corrected chi connectivity index (χ0v) is 10.4. The predicted octanol–water partition coefficient (Wildman–Crippen LogP) is -2.60. The molecule has 0 heterocycles. The van der Waals surface area contributed by atoms with Crippen LogP contribution in [0.15, 0.2) is 0 Å². The summed E-state index contributed by atoms with van der Waals surface area (Å²) in [5.41, 5.74) is 5.09. The van der Waals surface area contributed by atoms with Crippen molar-refractivity contribution in [1.82, 2.24) is 0 Å². The van der Waals surface area contributed by atoms with Crippen molar-refractivity contribution in [2.75, 3.05) is 0 Å². The minimum atomic E-state index is -4.26. The molecule has 0 spiro atoms. The molecule has 0 radical (unpaired) electrons. The van der Waals surface area contributed by atoms with Gasteiger partial charge in [0, 0.05) is 0 Å². The topological polar surface area (TPSA) is 83.2 Å². The third kappa shape index (κ3) is 7.52. The molecule has 2 N–H and O–H groups in total. The van der Waals surface area contributed by atoms with Crippen molar-refractivity contribution in [3.63, 3.8) is 0 Å². The quantitative estimate of drug-likeness (QED) is 0.302. The minimum absolute atomic E-state index is 0. The molecule has 0 aromatic carbocycles. The van der Waals surface area contributed by atoms with E-state index in [9.17, 15) is 13.0 Å². The molecule has 0 bridgehead atoms. The molecule has 1 atom stereocenters. The third-order valence-corrected chi connectivity index (χ3v) is 2.44. The third-order valence-electron chi connectivity index (χ3n) is 1.46. The smallest absolute Gasteiger partial charge is 0.747 e. The van der Waals surface area contributed by atoms with E-state index in [-0.39, 0.29) is 36.0 Å². The van der Waals surface area contributed by atoms with Crippen LogP contribution in [0.25, 0.3) is 0 Å². The van der Waals surface area contributed by atoms with Crippen molar-refractivity contribution in [2.45, 2.75) is 38.0 Å². The van der Waals surface area contributed by atoms with E-state index in [1.807, 2.05) is 6.92 Å². The van der Waals surface area contributed by atoms with Gasteiger partial charge in [0.1, 0.15) is 10.1 Å². The number of hydrogen-bond donors (Lipinski definition) is 1. The van der Waals surface area contributed by atoms with E-state index < -0.39 is 15.5 Å². The Kier molecular flexibility index (Phi) is 9.32. The fraction of sp³-hybridized carbons (Fsp3) is 1.00. The van der Waals surface area contributed by atoms with E-state index in [0.29, 0.717) is 6.42 Å². The summed E-state index contributed by atoms with van der Waals surface area (Å²) in [7, 11) is -4.26. The molecular formula is C6H14NNaO3S. The molecule has 68 valence electrons. The van der Waals surface area contributed by atoms with Gasteiger partial charge in [-0.25, -0.2) is 8.42 Å². The summed E-state index contributed by atoms with van der Waals surface area (Å²) in [5, 5.41) is -1.21. The SMILES string of the molecule is CCCCCC(N)S(=O)(=O)[O-].[Na+]. The van der Waals surface area contributed by atoms with Gasteiger partial charge in [0.25, 0.3) is 0 Å². The van der Waals surface area contributed by atoms with Gasteiger partial charge in [0.2, 0.25) is 0 Å². The molecule has 0 aromatic rings. The molecular weight excluding hydrogens is 189 g/mol. The minimum Gasteiger partial charge on any atom is -0.747 e. The molecule has 0 aliphatic heterocycles. The first kappa shape index (κ1) is 15.3. The van der Waals surface area contributed by atoms with Gasteiger partial charge in [-0.3, -0.25) is 0 Å². The fourth-order valence-corrected chi connectivity index (χ4v) is 1.20. The monoisotopic (exact) mass is 203 g/mol. The Morgan fingerprint density at radius 1 is 1.42 bits per heavy atom. The maximum atomic E-state index is 10.2. The Labute approximate surface area is 95.9 Å². The zero-order chi connectivity index (χ0) is 8.91. The van der Waals surface area contributed by atoms with Gasteiger partial charge in [-0.1, -0.05) is 26.2 Å². The number of unbranched alkanes of at least 4 members (excludes halogenated alkanes) is 2. The first-order chi connectivity index (χ1) is 4.98. The van der Waals surface area contributed by atoms with E-state index in [1.54, 1.807) is 0 Å². The molecule has 0 aromatic heterocycles. The summed E-state index contributed by atoms with van der Waals surface area (Å²) in [6.45, 7) is 2.00. The molecule has 6 heteroatoms. The summed E-state index contributed by atoms with van der Waals surface area (Å²) in [6, 6.07) is 0. The van der Waals surface area contributed by atoms with Crippen LogP contribution < -0.4 is 35.3 Å². The average Bonchev–Trinajstić information content (AvgIpc) is 1.86. The molecule has 0 amide bonds. The van der Waals surface area contributed by atoms with Crippen molar-refractivity contribution < 1.29 is 42.5 Å². The molecule has 0 saturated carbocycles. The maximum Gasteiger partial charge on any atom is 1.00 e. The molecule has 0 aliphatic carbocycles. The van der Waals surface area contributed by atoms with Gasteiger partial charge in [-0.05, 0) is 6.42 Å². The summed E-state index contributed by atoms with van der Waals surface area (Å²) < 4.78 is 30.7. The van der Waals surface area contributed by atoms with Gasteiger partial charge in [0.05, 0.1) is 5.37 Å². The van der Waals surface area contributed by atoms with Crippen molar-refractivity contribution in [3.05, 3.63) is 0 Å². The van der Waals surface area contributed by atoms with Gasteiger partial charge in [-0.2, -0.15) is 0 Å². The summed E-state index contributed by atoms with van der Waals surface area (Å²) >= 11 is 0. The maximum absolute atomic E-state index is 10.2. The van der Waals surface area contributed by atoms with Crippen LogP contribution >= 0.6 is 0 Å². The Balaban J connectivity index is 0. The molecule has 0 fully saturated rings. The van der Waals surface area contributed by atoms with Gasteiger partial charge >= 0.3 is 29.6 Å².